The first-order chi connectivity index (χ1) is 15.4. The van der Waals surface area contributed by atoms with Crippen molar-refractivity contribution in [3.05, 3.63) is 72.8 Å². The molecule has 0 bridgehead atoms. The molecule has 1 heterocycles. The third-order valence-corrected chi connectivity index (χ3v) is 7.50. The Bertz CT molecular complexity index is 1030. The molecule has 0 aromatic heterocycles. The molecule has 0 aliphatic carbocycles. The Hall–Kier alpha value is -2.97. The van der Waals surface area contributed by atoms with E-state index in [0.29, 0.717) is 51.0 Å². The van der Waals surface area contributed by atoms with Gasteiger partial charge in [-0.25, -0.2) is 8.42 Å². The third-order valence-electron chi connectivity index (χ3n) is 5.58. The van der Waals surface area contributed by atoms with Gasteiger partial charge >= 0.3 is 0 Å². The highest BCUT2D eigenvalue weighted by atomic mass is 32.2. The number of anilines is 1. The molecule has 1 aliphatic rings. The first kappa shape index (κ1) is 23.7. The van der Waals surface area contributed by atoms with E-state index in [1.165, 1.54) is 22.5 Å². The minimum atomic E-state index is -3.60. The third kappa shape index (κ3) is 6.51. The average Bonchev–Trinajstić information content (AvgIpc) is 2.82. The Morgan fingerprint density at radius 1 is 1.03 bits per heavy atom. The summed E-state index contributed by atoms with van der Waals surface area (Å²) >= 11 is 0. The highest BCUT2D eigenvalue weighted by Gasteiger charge is 2.29. The molecule has 8 heteroatoms. The number of hydrogen-bond acceptors (Lipinski definition) is 4. The van der Waals surface area contributed by atoms with Gasteiger partial charge in [0.25, 0.3) is 0 Å². The van der Waals surface area contributed by atoms with E-state index in [-0.39, 0.29) is 22.6 Å². The zero-order valence-electron chi connectivity index (χ0n) is 18.0. The standard InChI is InChI=1S/C24H29N3O4S/c1-2-23(28)25-18-20-14-16-27(17-15-20)32(30,31)22-11-9-21(10-12-22)26-24(29)13-8-19-6-4-3-5-7-19/h2-7,9-12,20H,1,8,13-18H2,(H,25,28)(H,26,29). The van der Waals surface area contributed by atoms with Crippen molar-refractivity contribution in [3.8, 4) is 0 Å². The fourth-order valence-corrected chi connectivity index (χ4v) is 5.13. The molecule has 170 valence electrons. The maximum atomic E-state index is 13.0. The van der Waals surface area contributed by atoms with Crippen LogP contribution in [-0.2, 0) is 26.0 Å². The van der Waals surface area contributed by atoms with Crippen molar-refractivity contribution in [2.24, 2.45) is 5.92 Å². The minimum Gasteiger partial charge on any atom is -0.352 e. The number of carbonyl (C=O) groups excluding carboxylic acids is 2. The molecule has 32 heavy (non-hydrogen) atoms. The van der Waals surface area contributed by atoms with Crippen molar-refractivity contribution < 1.29 is 18.0 Å². The first-order valence-corrected chi connectivity index (χ1v) is 12.2. The molecule has 0 saturated carbocycles. The predicted octanol–water partition coefficient (Wildman–Crippen LogP) is 2.96. The fraction of sp³-hybridized carbons (Fsp3) is 0.333. The van der Waals surface area contributed by atoms with Crippen LogP contribution < -0.4 is 10.6 Å². The number of aryl methyl sites for hydroxylation is 1. The maximum Gasteiger partial charge on any atom is 0.243 e. The zero-order chi connectivity index (χ0) is 23.0. The molecule has 1 aliphatic heterocycles. The van der Waals surface area contributed by atoms with Gasteiger partial charge < -0.3 is 10.6 Å². The number of benzene rings is 2. The Labute approximate surface area is 189 Å². The quantitative estimate of drug-likeness (QED) is 0.568. The number of nitrogens with zero attached hydrogens (tertiary/aromatic N) is 1. The molecule has 0 radical (unpaired) electrons. The largest absolute Gasteiger partial charge is 0.352 e. The second-order valence-electron chi connectivity index (χ2n) is 7.85. The van der Waals surface area contributed by atoms with Crippen LogP contribution in [0.2, 0.25) is 0 Å². The lowest BCUT2D eigenvalue weighted by Crippen LogP contribution is -2.41. The molecule has 1 fully saturated rings. The molecule has 2 aromatic carbocycles. The van der Waals surface area contributed by atoms with Crippen molar-refractivity contribution in [1.29, 1.82) is 0 Å². The van der Waals surface area contributed by atoms with Crippen molar-refractivity contribution >= 4 is 27.5 Å². The minimum absolute atomic E-state index is 0.116. The summed E-state index contributed by atoms with van der Waals surface area (Å²) in [5, 5.41) is 5.58. The van der Waals surface area contributed by atoms with Crippen molar-refractivity contribution in [2.45, 2.75) is 30.6 Å². The summed E-state index contributed by atoms with van der Waals surface area (Å²) < 4.78 is 27.4. The summed E-state index contributed by atoms with van der Waals surface area (Å²) in [5.74, 6) is -0.0822. The summed E-state index contributed by atoms with van der Waals surface area (Å²) in [6.45, 7) is 4.77. The molecule has 3 rings (SSSR count). The van der Waals surface area contributed by atoms with E-state index in [1.54, 1.807) is 12.1 Å². The van der Waals surface area contributed by atoms with Gasteiger partial charge in [-0.3, -0.25) is 9.59 Å². The van der Waals surface area contributed by atoms with Gasteiger partial charge in [0.2, 0.25) is 21.8 Å². The smallest absolute Gasteiger partial charge is 0.243 e. The van der Waals surface area contributed by atoms with Crippen LogP contribution in [0.25, 0.3) is 0 Å². The van der Waals surface area contributed by atoms with Gasteiger partial charge in [-0.15, -0.1) is 0 Å². The van der Waals surface area contributed by atoms with Gasteiger partial charge in [0.1, 0.15) is 0 Å². The molecule has 0 spiro atoms. The zero-order valence-corrected chi connectivity index (χ0v) is 18.8. The summed E-state index contributed by atoms with van der Waals surface area (Å²) in [6.07, 6.45) is 3.60. The number of rotatable bonds is 9. The van der Waals surface area contributed by atoms with E-state index in [2.05, 4.69) is 17.2 Å². The van der Waals surface area contributed by atoms with Gasteiger partial charge in [-0.2, -0.15) is 4.31 Å². The summed E-state index contributed by atoms with van der Waals surface area (Å²) in [4.78, 5) is 23.7. The number of hydrogen-bond donors (Lipinski definition) is 2. The Morgan fingerprint density at radius 2 is 1.69 bits per heavy atom. The maximum absolute atomic E-state index is 13.0. The highest BCUT2D eigenvalue weighted by molar-refractivity contribution is 7.89. The summed E-state index contributed by atoms with van der Waals surface area (Å²) in [6, 6.07) is 16.1. The van der Waals surface area contributed by atoms with Crippen LogP contribution in [0, 0.1) is 5.92 Å². The van der Waals surface area contributed by atoms with Crippen LogP contribution in [0.1, 0.15) is 24.8 Å². The van der Waals surface area contributed by atoms with Gasteiger partial charge in [0.15, 0.2) is 0 Å². The average molecular weight is 456 g/mol. The van der Waals surface area contributed by atoms with Crippen LogP contribution in [0.3, 0.4) is 0 Å². The lowest BCUT2D eigenvalue weighted by molar-refractivity contribution is -0.117. The number of nitrogens with one attached hydrogen (secondary N) is 2. The predicted molar refractivity (Wildman–Crippen MR) is 125 cm³/mol. The molecule has 2 N–H and O–H groups in total. The number of sulfonamides is 1. The summed E-state index contributed by atoms with van der Waals surface area (Å²) in [7, 11) is -3.60. The lowest BCUT2D eigenvalue weighted by Gasteiger charge is -2.31. The molecular formula is C24H29N3O4S. The Morgan fingerprint density at radius 3 is 2.31 bits per heavy atom. The topological polar surface area (TPSA) is 95.6 Å². The molecule has 0 unspecified atom stereocenters. The number of amides is 2. The van der Waals surface area contributed by atoms with Crippen molar-refractivity contribution in [3.63, 3.8) is 0 Å². The molecule has 1 saturated heterocycles. The van der Waals surface area contributed by atoms with E-state index in [9.17, 15) is 18.0 Å². The Balaban J connectivity index is 1.50. The van der Waals surface area contributed by atoms with Crippen LogP contribution in [-0.4, -0.2) is 44.2 Å². The van der Waals surface area contributed by atoms with Crippen molar-refractivity contribution in [2.75, 3.05) is 25.0 Å². The second kappa shape index (κ2) is 11.1. The molecular weight excluding hydrogens is 426 g/mol. The van der Waals surface area contributed by atoms with E-state index >= 15 is 0 Å². The first-order valence-electron chi connectivity index (χ1n) is 10.7. The molecule has 7 nitrogen and oxygen atoms in total. The second-order valence-corrected chi connectivity index (χ2v) is 9.79. The number of carbonyl (C=O) groups is 2. The van der Waals surface area contributed by atoms with Crippen molar-refractivity contribution in [1.82, 2.24) is 9.62 Å². The van der Waals surface area contributed by atoms with Gasteiger partial charge in [0.05, 0.1) is 4.90 Å². The molecule has 2 amide bonds. The van der Waals surface area contributed by atoms with Gasteiger partial charge in [-0.05, 0) is 61.1 Å². The van der Waals surface area contributed by atoms with Crippen LogP contribution in [0.4, 0.5) is 5.69 Å². The molecule has 2 aromatic rings. The fourth-order valence-electron chi connectivity index (χ4n) is 3.66. The summed E-state index contributed by atoms with van der Waals surface area (Å²) in [5.41, 5.74) is 1.66. The van der Waals surface area contributed by atoms with Crippen LogP contribution >= 0.6 is 0 Å². The molecule has 0 atom stereocenters. The van der Waals surface area contributed by atoms with Crippen LogP contribution in [0.15, 0.2) is 72.1 Å². The van der Waals surface area contributed by atoms with E-state index in [1.807, 2.05) is 30.3 Å². The van der Waals surface area contributed by atoms with Gasteiger partial charge in [-0.1, -0.05) is 36.9 Å². The Kier molecular flexibility index (Phi) is 8.19. The highest BCUT2D eigenvalue weighted by Crippen LogP contribution is 2.24. The van der Waals surface area contributed by atoms with E-state index in [0.717, 1.165) is 5.56 Å². The van der Waals surface area contributed by atoms with E-state index < -0.39 is 10.0 Å². The number of piperidine rings is 1. The lowest BCUT2D eigenvalue weighted by atomic mass is 9.98. The van der Waals surface area contributed by atoms with Crippen LogP contribution in [0.5, 0.6) is 0 Å². The SMILES string of the molecule is C=CC(=O)NCC1CCN(S(=O)(=O)c2ccc(NC(=O)CCc3ccccc3)cc2)CC1. The monoisotopic (exact) mass is 455 g/mol. The van der Waals surface area contributed by atoms with Gasteiger partial charge in [0, 0.05) is 31.7 Å². The van der Waals surface area contributed by atoms with E-state index in [4.69, 9.17) is 0 Å². The normalized spacial score (nSPS) is 15.1.